The van der Waals surface area contributed by atoms with Gasteiger partial charge in [-0.1, -0.05) is 160 Å². The fourth-order valence-electron chi connectivity index (χ4n) is 1.78. The predicted molar refractivity (Wildman–Crippen MR) is 171 cm³/mol. The number of allylic oxidation sites excluding steroid dienone is 3. The fraction of sp³-hybridized carbons (Fsp3) is 0.818. The van der Waals surface area contributed by atoms with Crippen molar-refractivity contribution >= 4 is 0 Å². The van der Waals surface area contributed by atoms with Gasteiger partial charge in [-0.2, -0.15) is 0 Å². The molecule has 1 aliphatic rings. The van der Waals surface area contributed by atoms with E-state index < -0.39 is 0 Å². The molecule has 210 valence electrons. The van der Waals surface area contributed by atoms with Crippen molar-refractivity contribution < 1.29 is 0 Å². The van der Waals surface area contributed by atoms with Gasteiger partial charge in [-0.15, -0.1) is 19.7 Å². The summed E-state index contributed by atoms with van der Waals surface area (Å²) in [5, 5.41) is 0. The zero-order valence-electron chi connectivity index (χ0n) is 26.6. The molecule has 1 aliphatic carbocycles. The van der Waals surface area contributed by atoms with Gasteiger partial charge in [0.15, 0.2) is 0 Å². The number of hydrogen-bond donors (Lipinski definition) is 0. The fourth-order valence-corrected chi connectivity index (χ4v) is 1.78. The highest BCUT2D eigenvalue weighted by Gasteiger charge is 2.13. The van der Waals surface area contributed by atoms with Gasteiger partial charge in [-0.25, -0.2) is 0 Å². The van der Waals surface area contributed by atoms with Gasteiger partial charge >= 0.3 is 0 Å². The second-order valence-corrected chi connectivity index (χ2v) is 6.87. The van der Waals surface area contributed by atoms with E-state index in [1.54, 1.807) is 0 Å². The first-order valence-electron chi connectivity index (χ1n) is 14.1. The third-order valence-electron chi connectivity index (χ3n) is 3.64. The van der Waals surface area contributed by atoms with E-state index in [1.807, 2.05) is 68.4 Å². The van der Waals surface area contributed by atoms with Gasteiger partial charge in [-0.3, -0.25) is 0 Å². The molecule has 0 amide bonds. The Balaban J connectivity index is -0.0000000300. The topological polar surface area (TPSA) is 0 Å². The molecule has 0 heterocycles. The molecule has 1 saturated carbocycles. The highest BCUT2D eigenvalue weighted by molar-refractivity contribution is 4.88. The second kappa shape index (κ2) is 85.9. The maximum Gasteiger partial charge on any atom is -0.0354 e. The lowest BCUT2D eigenvalue weighted by atomic mass is 9.84. The maximum absolute atomic E-state index is 3.60. The lowest BCUT2D eigenvalue weighted by Gasteiger charge is -2.22. The van der Waals surface area contributed by atoms with E-state index >= 15 is 0 Å². The van der Waals surface area contributed by atoms with E-state index in [4.69, 9.17) is 0 Å². The Labute approximate surface area is 218 Å². The normalized spacial score (nSPS) is 13.6. The first-order chi connectivity index (χ1) is 15.4. The minimum absolute atomic E-state index is 0. The van der Waals surface area contributed by atoms with Crippen LogP contribution >= 0.6 is 0 Å². The highest BCUT2D eigenvalue weighted by Crippen LogP contribution is 2.27. The number of hydrogen-bond acceptors (Lipinski definition) is 0. The van der Waals surface area contributed by atoms with Crippen LogP contribution in [0.4, 0.5) is 0 Å². The summed E-state index contributed by atoms with van der Waals surface area (Å²) in [6, 6.07) is 0. The largest absolute Gasteiger partial charge is 0.106 e. The lowest BCUT2D eigenvalue weighted by Crippen LogP contribution is -2.08. The Kier molecular flexibility index (Phi) is 152. The van der Waals surface area contributed by atoms with Gasteiger partial charge in [0.1, 0.15) is 0 Å². The van der Waals surface area contributed by atoms with Crippen LogP contribution in [-0.4, -0.2) is 0 Å². The van der Waals surface area contributed by atoms with E-state index in [-0.39, 0.29) is 7.43 Å². The van der Waals surface area contributed by atoms with Crippen LogP contribution in [0.5, 0.6) is 0 Å². The first kappa shape index (κ1) is 58.2. The third kappa shape index (κ3) is 132. The summed E-state index contributed by atoms with van der Waals surface area (Å²) in [6.07, 6.45) is 14.9. The summed E-state index contributed by atoms with van der Waals surface area (Å²) in [7, 11) is 0. The molecule has 0 unspecified atom stereocenters. The third-order valence-corrected chi connectivity index (χ3v) is 3.64. The Morgan fingerprint density at radius 2 is 0.939 bits per heavy atom. The van der Waals surface area contributed by atoms with Crippen molar-refractivity contribution in [2.45, 2.75) is 170 Å². The average molecular weight is 475 g/mol. The van der Waals surface area contributed by atoms with Crippen molar-refractivity contribution in [1.82, 2.24) is 0 Å². The van der Waals surface area contributed by atoms with Crippen molar-refractivity contribution in [2.75, 3.05) is 0 Å². The van der Waals surface area contributed by atoms with Crippen LogP contribution in [0.2, 0.25) is 0 Å². The van der Waals surface area contributed by atoms with Crippen LogP contribution < -0.4 is 0 Å². The Morgan fingerprint density at radius 1 is 0.727 bits per heavy atom. The molecule has 0 radical (unpaired) electrons. The molecule has 0 saturated heterocycles. The maximum atomic E-state index is 3.60. The molecule has 0 N–H and O–H groups in total. The molecule has 1 fully saturated rings. The van der Waals surface area contributed by atoms with E-state index in [0.717, 1.165) is 11.8 Å². The monoisotopic (exact) mass is 475 g/mol. The van der Waals surface area contributed by atoms with Gasteiger partial charge < -0.3 is 0 Å². The van der Waals surface area contributed by atoms with Crippen molar-refractivity contribution in [3.63, 3.8) is 0 Å². The Morgan fingerprint density at radius 3 is 1.03 bits per heavy atom. The molecular formula is C33H78. The average Bonchev–Trinajstić information content (AvgIpc) is 2.87. The molecule has 0 aromatic carbocycles. The molecule has 0 aromatic heterocycles. The van der Waals surface area contributed by atoms with E-state index in [0.29, 0.717) is 0 Å². The van der Waals surface area contributed by atoms with Crippen LogP contribution in [0.1, 0.15) is 170 Å². The second-order valence-electron chi connectivity index (χ2n) is 6.87. The molecule has 0 aromatic rings. The van der Waals surface area contributed by atoms with Crippen LogP contribution in [0.15, 0.2) is 37.5 Å². The molecule has 0 spiro atoms. The summed E-state index contributed by atoms with van der Waals surface area (Å²) < 4.78 is 0. The summed E-state index contributed by atoms with van der Waals surface area (Å²) in [6.45, 7) is 43.0. The SMILES string of the molecule is C.C=C.C=CCCCC.CC.CC.CC.CC.CC1CCC(C)CC1.CC=C(C)C.CCC. The summed E-state index contributed by atoms with van der Waals surface area (Å²) in [5.41, 5.74) is 1.38. The van der Waals surface area contributed by atoms with E-state index in [9.17, 15) is 0 Å². The molecular weight excluding hydrogens is 396 g/mol. The van der Waals surface area contributed by atoms with Crippen molar-refractivity contribution in [2.24, 2.45) is 11.8 Å². The zero-order valence-corrected chi connectivity index (χ0v) is 26.6. The van der Waals surface area contributed by atoms with Crippen molar-refractivity contribution in [3.8, 4) is 0 Å². The van der Waals surface area contributed by atoms with Crippen LogP contribution in [0, 0.1) is 11.8 Å². The standard InChI is InChI=1S/C8H16.C6H12.C5H10.C3H8.4C2H6.C2H4.CH4/c1-7-3-5-8(2)6-4-7;1-3-5-6-4-2;1-4-5(2)3;1-3-2;5*1-2;/h7-8H,3-6H2,1-2H3;3H,1,4-6H2,2H3;4H,1-3H3;3H2,1-2H3;4*1-2H3;1-2H2;1H4. The van der Waals surface area contributed by atoms with E-state index in [2.05, 4.69) is 74.3 Å². The molecule has 33 heavy (non-hydrogen) atoms. The highest BCUT2D eigenvalue weighted by atomic mass is 14.2. The number of rotatable bonds is 3. The Hall–Kier alpha value is -0.780. The minimum atomic E-state index is 0. The molecule has 0 nitrogen and oxygen atoms in total. The van der Waals surface area contributed by atoms with Gasteiger partial charge in [0.05, 0.1) is 0 Å². The summed E-state index contributed by atoms with van der Waals surface area (Å²) >= 11 is 0. The molecule has 0 atom stereocenters. The molecule has 1 rings (SSSR count). The van der Waals surface area contributed by atoms with E-state index in [1.165, 1.54) is 56.9 Å². The van der Waals surface area contributed by atoms with Crippen LogP contribution in [0.3, 0.4) is 0 Å². The van der Waals surface area contributed by atoms with Gasteiger partial charge in [0, 0.05) is 0 Å². The van der Waals surface area contributed by atoms with Crippen LogP contribution in [0.25, 0.3) is 0 Å². The summed E-state index contributed by atoms with van der Waals surface area (Å²) in [4.78, 5) is 0. The van der Waals surface area contributed by atoms with Gasteiger partial charge in [-0.05, 0) is 39.0 Å². The Bertz CT molecular complexity index is 214. The van der Waals surface area contributed by atoms with Crippen molar-refractivity contribution in [3.05, 3.63) is 37.5 Å². The molecule has 0 bridgehead atoms. The number of unbranched alkanes of at least 4 members (excludes halogenated alkanes) is 2. The zero-order chi connectivity index (χ0) is 27.8. The minimum Gasteiger partial charge on any atom is -0.106 e. The van der Waals surface area contributed by atoms with Crippen LogP contribution in [-0.2, 0) is 0 Å². The van der Waals surface area contributed by atoms with Crippen molar-refractivity contribution in [1.29, 1.82) is 0 Å². The smallest absolute Gasteiger partial charge is 0.0354 e. The summed E-state index contributed by atoms with van der Waals surface area (Å²) in [5.74, 6) is 2.04. The molecule has 0 heteroatoms. The molecule has 0 aliphatic heterocycles. The lowest BCUT2D eigenvalue weighted by molar-refractivity contribution is 0.308. The van der Waals surface area contributed by atoms with Gasteiger partial charge in [0.25, 0.3) is 0 Å². The first-order valence-corrected chi connectivity index (χ1v) is 14.1. The van der Waals surface area contributed by atoms with Gasteiger partial charge in [0.2, 0.25) is 0 Å². The quantitative estimate of drug-likeness (QED) is 0.282. The predicted octanol–water partition coefficient (Wildman–Crippen LogP) is 14.1.